The molecule has 3 aromatic carbocycles. The Morgan fingerprint density at radius 2 is 1.83 bits per heavy atom. The average Bonchev–Trinajstić information content (AvgIpc) is 3.66. The van der Waals surface area contributed by atoms with Gasteiger partial charge < -0.3 is 33.6 Å². The van der Waals surface area contributed by atoms with E-state index in [-0.39, 0.29) is 47.9 Å². The van der Waals surface area contributed by atoms with Crippen LogP contribution < -0.4 is 18.9 Å². The Morgan fingerprint density at radius 3 is 2.60 bits per heavy atom. The highest BCUT2D eigenvalue weighted by Gasteiger charge is 2.58. The number of thioether (sulfide) groups is 1. The summed E-state index contributed by atoms with van der Waals surface area (Å²) in [5.41, 5.74) is 7.00. The third-order valence-corrected chi connectivity index (χ3v) is 12.6. The number of likely N-dealkylation sites (N-methyl/N-ethyl adjacent to an activating group) is 2. The summed E-state index contributed by atoms with van der Waals surface area (Å²) in [5, 5.41) is 21.9. The van der Waals surface area contributed by atoms with Crippen molar-refractivity contribution in [1.82, 2.24) is 9.80 Å². The van der Waals surface area contributed by atoms with Gasteiger partial charge in [0.2, 0.25) is 6.79 Å². The molecule has 6 heterocycles. The van der Waals surface area contributed by atoms with Crippen molar-refractivity contribution in [2.45, 2.75) is 56.6 Å². The van der Waals surface area contributed by atoms with Gasteiger partial charge in [-0.1, -0.05) is 12.1 Å². The van der Waals surface area contributed by atoms with Gasteiger partial charge in [-0.05, 0) is 50.2 Å². The second kappa shape index (κ2) is 10.9. The topological polar surface area (TPSA) is 101 Å². The number of rotatable bonds is 3. The number of phenolic OH excluding ortho intramolecular Hbond substituents is 2. The van der Waals surface area contributed by atoms with Crippen LogP contribution in [-0.2, 0) is 11.2 Å². The van der Waals surface area contributed by atoms with Gasteiger partial charge in [-0.25, -0.2) is 0 Å². The van der Waals surface area contributed by atoms with Crippen LogP contribution in [0.25, 0.3) is 0 Å². The molecule has 6 unspecified atom stereocenters. The molecule has 9 rings (SSSR count). The first-order valence-corrected chi connectivity index (χ1v) is 17.3. The van der Waals surface area contributed by atoms with Crippen LogP contribution in [0.4, 0.5) is 0 Å². The number of carbonyl (C=O) groups is 1. The number of phenols is 2. The zero-order chi connectivity index (χ0) is 32.9. The van der Waals surface area contributed by atoms with Crippen molar-refractivity contribution in [2.75, 3.05) is 53.5 Å². The van der Waals surface area contributed by atoms with Crippen LogP contribution in [0.3, 0.4) is 0 Å². The van der Waals surface area contributed by atoms with Crippen LogP contribution >= 0.6 is 11.8 Å². The molecule has 3 aromatic rings. The molecule has 0 aromatic heterocycles. The number of quaternary nitrogens is 1. The van der Waals surface area contributed by atoms with Gasteiger partial charge in [0.1, 0.15) is 17.5 Å². The van der Waals surface area contributed by atoms with Crippen molar-refractivity contribution in [3.63, 3.8) is 0 Å². The fraction of sp³-hybridized carbons (Fsp3) is 0.472. The molecule has 2 N–H and O–H groups in total. The molecule has 2 saturated heterocycles. The van der Waals surface area contributed by atoms with E-state index < -0.39 is 0 Å². The van der Waals surface area contributed by atoms with E-state index in [9.17, 15) is 15.0 Å². The quantitative estimate of drug-likeness (QED) is 0.219. The summed E-state index contributed by atoms with van der Waals surface area (Å²) in [6.45, 7) is 7.85. The van der Waals surface area contributed by atoms with Crippen LogP contribution in [0.15, 0.2) is 30.3 Å². The zero-order valence-electron chi connectivity index (χ0n) is 27.7. The molecule has 6 atom stereocenters. The van der Waals surface area contributed by atoms with Crippen molar-refractivity contribution in [3.8, 4) is 34.5 Å². The summed E-state index contributed by atoms with van der Waals surface area (Å²) >= 11 is 1.89. The SMILES string of the molecule is COc1c(C)ccc(C2C3C4SCC5c6ccc(O)cc6CC[N+]5(C)CC(c5c6c(c(C)c(OC(C)=O)c54)OCO6)N3CN2C)c1O. The van der Waals surface area contributed by atoms with E-state index in [1.807, 2.05) is 49.9 Å². The number of hydrogen-bond acceptors (Lipinski definition) is 10. The summed E-state index contributed by atoms with van der Waals surface area (Å²) in [7, 11) is 6.08. The first-order chi connectivity index (χ1) is 22.5. The lowest BCUT2D eigenvalue weighted by molar-refractivity contribution is -0.941. The van der Waals surface area contributed by atoms with Crippen molar-refractivity contribution in [2.24, 2.45) is 0 Å². The summed E-state index contributed by atoms with van der Waals surface area (Å²) in [6, 6.07) is 9.75. The largest absolute Gasteiger partial charge is 0.508 e. The lowest BCUT2D eigenvalue weighted by Crippen LogP contribution is -2.56. The van der Waals surface area contributed by atoms with E-state index in [1.54, 1.807) is 7.11 Å². The lowest BCUT2D eigenvalue weighted by Gasteiger charge is -2.49. The average molecular weight is 661 g/mol. The van der Waals surface area contributed by atoms with E-state index >= 15 is 0 Å². The molecule has 0 amide bonds. The highest BCUT2D eigenvalue weighted by molar-refractivity contribution is 7.99. The van der Waals surface area contributed by atoms with Crippen LogP contribution in [0.5, 0.6) is 34.5 Å². The van der Waals surface area contributed by atoms with Crippen molar-refractivity contribution < 1.29 is 38.4 Å². The molecular formula is C36H42N3O7S+. The standard InChI is InChI=1S/C36H41N3O7S/c1-18-7-9-24(31(42)32(18)43-6)29-30-36-28-27(35-34(44-17-45-35)19(2)33(28)46-20(3)40)25(38(30)16-37(29)4)14-39(5)12-11-21-13-22(41)8-10-23(21)26(39)15-47-36/h7-10,13,25-26,29-30,36H,11-12,14-17H2,1-6H3,(H-,41,42)/p+1. The number of hydrogen-bond donors (Lipinski definition) is 2. The van der Waals surface area contributed by atoms with Gasteiger partial charge in [-0.15, -0.1) is 11.8 Å². The summed E-state index contributed by atoms with van der Waals surface area (Å²) in [4.78, 5) is 17.6. The highest BCUT2D eigenvalue weighted by Crippen LogP contribution is 2.64. The minimum atomic E-state index is -0.377. The number of carbonyl (C=O) groups excluding carboxylic acids is 1. The second-order valence-electron chi connectivity index (χ2n) is 13.9. The molecule has 6 aliphatic heterocycles. The normalized spacial score (nSPS) is 29.2. The maximum absolute atomic E-state index is 12.7. The minimum Gasteiger partial charge on any atom is -0.508 e. The summed E-state index contributed by atoms with van der Waals surface area (Å²) in [5.74, 6) is 3.36. The third-order valence-electron chi connectivity index (χ3n) is 11.3. The molecule has 47 heavy (non-hydrogen) atoms. The molecule has 0 radical (unpaired) electrons. The Labute approximate surface area is 279 Å². The number of benzene rings is 3. The second-order valence-corrected chi connectivity index (χ2v) is 15.1. The van der Waals surface area contributed by atoms with Crippen molar-refractivity contribution in [1.29, 1.82) is 0 Å². The maximum Gasteiger partial charge on any atom is 0.308 e. The molecule has 0 saturated carbocycles. The number of ether oxygens (including phenoxy) is 4. The molecular weight excluding hydrogens is 618 g/mol. The zero-order valence-corrected chi connectivity index (χ0v) is 28.5. The molecule has 0 aliphatic carbocycles. The molecule has 11 heteroatoms. The first-order valence-electron chi connectivity index (χ1n) is 16.3. The molecule has 6 aliphatic rings. The number of aryl methyl sites for hydroxylation is 1. The van der Waals surface area contributed by atoms with E-state index in [1.165, 1.54) is 18.1 Å². The van der Waals surface area contributed by atoms with Gasteiger partial charge in [-0.2, -0.15) is 0 Å². The van der Waals surface area contributed by atoms with Crippen molar-refractivity contribution in [3.05, 3.63) is 69.3 Å². The van der Waals surface area contributed by atoms with Crippen LogP contribution in [0.2, 0.25) is 0 Å². The predicted molar refractivity (Wildman–Crippen MR) is 177 cm³/mol. The van der Waals surface area contributed by atoms with E-state index in [0.717, 1.165) is 63.3 Å². The summed E-state index contributed by atoms with van der Waals surface area (Å²) < 4.78 is 25.0. The Hall–Kier alpha value is -3.64. The van der Waals surface area contributed by atoms with Crippen LogP contribution in [-0.4, -0.2) is 90.0 Å². The lowest BCUT2D eigenvalue weighted by atomic mass is 9.80. The fourth-order valence-corrected chi connectivity index (χ4v) is 11.0. The summed E-state index contributed by atoms with van der Waals surface area (Å²) in [6.07, 6.45) is 0.873. The third kappa shape index (κ3) is 4.46. The molecule has 248 valence electrons. The smallest absolute Gasteiger partial charge is 0.308 e. The number of fused-ring (bicyclic) bond motifs is 3. The Morgan fingerprint density at radius 1 is 1.06 bits per heavy atom. The number of methoxy groups -OCH3 is 1. The first kappa shape index (κ1) is 30.7. The van der Waals surface area contributed by atoms with E-state index in [2.05, 4.69) is 30.0 Å². The number of nitrogens with zero attached hydrogens (tertiary/aromatic N) is 3. The Kier molecular flexibility index (Phi) is 7.15. The minimum absolute atomic E-state index is 0.0675. The molecule has 0 spiro atoms. The van der Waals surface area contributed by atoms with Crippen LogP contribution in [0.1, 0.15) is 69.2 Å². The number of esters is 1. The van der Waals surface area contributed by atoms with E-state index in [4.69, 9.17) is 18.9 Å². The highest BCUT2D eigenvalue weighted by atomic mass is 32.2. The predicted octanol–water partition coefficient (Wildman–Crippen LogP) is 5.28. The molecule has 2 bridgehead atoms. The Balaban J connectivity index is 1.38. The fourth-order valence-electron chi connectivity index (χ4n) is 9.12. The van der Waals surface area contributed by atoms with E-state index in [0.29, 0.717) is 29.7 Å². The van der Waals surface area contributed by atoms with Gasteiger partial charge in [0.15, 0.2) is 23.0 Å². The van der Waals surface area contributed by atoms with Gasteiger partial charge in [-0.3, -0.25) is 14.6 Å². The van der Waals surface area contributed by atoms with Gasteiger partial charge in [0.25, 0.3) is 0 Å². The molecule has 10 nitrogen and oxygen atoms in total. The van der Waals surface area contributed by atoms with Gasteiger partial charge in [0.05, 0.1) is 57.0 Å². The van der Waals surface area contributed by atoms with Crippen molar-refractivity contribution >= 4 is 17.7 Å². The number of aromatic hydroxyl groups is 2. The Bertz CT molecular complexity index is 1820. The van der Waals surface area contributed by atoms with Gasteiger partial charge >= 0.3 is 5.97 Å². The van der Waals surface area contributed by atoms with Gasteiger partial charge in [0, 0.05) is 47.2 Å². The molecule has 2 fully saturated rings. The van der Waals surface area contributed by atoms with Crippen LogP contribution in [0, 0.1) is 13.8 Å². The maximum atomic E-state index is 12.7. The monoisotopic (exact) mass is 660 g/mol.